The Kier molecular flexibility index (Phi) is 4.05. The van der Waals surface area contributed by atoms with Crippen LogP contribution in [0.5, 0.6) is 0 Å². The molecule has 0 fully saturated rings. The highest BCUT2D eigenvalue weighted by Crippen LogP contribution is 2.28. The lowest BCUT2D eigenvalue weighted by Crippen LogP contribution is -2.04. The lowest BCUT2D eigenvalue weighted by Gasteiger charge is -2.17. The lowest BCUT2D eigenvalue weighted by atomic mass is 9.89. The van der Waals surface area contributed by atoms with Crippen LogP contribution in [0.3, 0.4) is 0 Å². The molecule has 1 N–H and O–H groups in total. The van der Waals surface area contributed by atoms with E-state index in [0.717, 1.165) is 11.1 Å². The summed E-state index contributed by atoms with van der Waals surface area (Å²) < 4.78 is 26.5. The number of hydrogen-bond donors (Lipinski definition) is 1. The maximum atomic E-state index is 13.2. The molecule has 0 aliphatic heterocycles. The van der Waals surface area contributed by atoms with Crippen molar-refractivity contribution in [1.82, 2.24) is 0 Å². The average molecular weight is 248 g/mol. The van der Waals surface area contributed by atoms with Gasteiger partial charge in [0.2, 0.25) is 0 Å². The van der Waals surface area contributed by atoms with Crippen molar-refractivity contribution in [1.29, 1.82) is 0 Å². The molecule has 2 rings (SSSR count). The van der Waals surface area contributed by atoms with Crippen molar-refractivity contribution >= 4 is 0 Å². The summed E-state index contributed by atoms with van der Waals surface area (Å²) in [5.41, 5.74) is 1.49. The number of rotatable bonds is 4. The van der Waals surface area contributed by atoms with Crippen LogP contribution in [-0.2, 0) is 0 Å². The molecule has 0 aliphatic rings. The van der Waals surface area contributed by atoms with E-state index in [9.17, 15) is 8.78 Å². The number of aliphatic hydroxyl groups is 1. The monoisotopic (exact) mass is 248 g/mol. The molecule has 0 heterocycles. The molecule has 0 saturated heterocycles. The first kappa shape index (κ1) is 12.7. The van der Waals surface area contributed by atoms with E-state index in [1.54, 1.807) is 24.3 Å². The Morgan fingerprint density at radius 3 is 1.78 bits per heavy atom. The van der Waals surface area contributed by atoms with Crippen molar-refractivity contribution in [3.63, 3.8) is 0 Å². The van der Waals surface area contributed by atoms with E-state index in [2.05, 4.69) is 0 Å². The molecule has 0 atom stereocenters. The van der Waals surface area contributed by atoms with Crippen LogP contribution in [0.2, 0.25) is 0 Å². The molecule has 0 unspecified atom stereocenters. The standard InChI is InChI=1S/C15H14F2O/c16-13-5-1-3-11(9-13)15(7-8-18)12-4-2-6-14(17)10-12/h1-6,9-10,15,18H,7-8H2. The van der Waals surface area contributed by atoms with Gasteiger partial charge in [-0.3, -0.25) is 0 Å². The zero-order valence-electron chi connectivity index (χ0n) is 9.81. The smallest absolute Gasteiger partial charge is 0.123 e. The molecule has 0 bridgehead atoms. The minimum atomic E-state index is -0.327. The average Bonchev–Trinajstić information content (AvgIpc) is 2.36. The van der Waals surface area contributed by atoms with Gasteiger partial charge in [-0.25, -0.2) is 8.78 Å². The number of aliphatic hydroxyl groups excluding tert-OH is 1. The Hall–Kier alpha value is -1.74. The topological polar surface area (TPSA) is 20.2 Å². The van der Waals surface area contributed by atoms with Crippen molar-refractivity contribution < 1.29 is 13.9 Å². The van der Waals surface area contributed by atoms with Crippen molar-refractivity contribution in [3.05, 3.63) is 71.3 Å². The van der Waals surface area contributed by atoms with E-state index < -0.39 is 0 Å². The van der Waals surface area contributed by atoms with E-state index in [1.165, 1.54) is 24.3 Å². The molecule has 94 valence electrons. The summed E-state index contributed by atoms with van der Waals surface area (Å²) in [5.74, 6) is -0.847. The van der Waals surface area contributed by atoms with Crippen LogP contribution in [0, 0.1) is 11.6 Å². The highest BCUT2D eigenvalue weighted by molar-refractivity contribution is 5.33. The Bertz CT molecular complexity index is 480. The van der Waals surface area contributed by atoms with Crippen LogP contribution in [0.15, 0.2) is 48.5 Å². The summed E-state index contributed by atoms with van der Waals surface area (Å²) in [5, 5.41) is 9.11. The van der Waals surface area contributed by atoms with Gasteiger partial charge in [0.05, 0.1) is 0 Å². The molecule has 18 heavy (non-hydrogen) atoms. The first-order chi connectivity index (χ1) is 8.70. The largest absolute Gasteiger partial charge is 0.396 e. The van der Waals surface area contributed by atoms with Gasteiger partial charge in [-0.15, -0.1) is 0 Å². The van der Waals surface area contributed by atoms with E-state index in [-0.39, 0.29) is 24.2 Å². The van der Waals surface area contributed by atoms with Crippen LogP contribution in [-0.4, -0.2) is 11.7 Å². The number of hydrogen-bond acceptors (Lipinski definition) is 1. The quantitative estimate of drug-likeness (QED) is 0.878. The zero-order chi connectivity index (χ0) is 13.0. The van der Waals surface area contributed by atoms with Crippen LogP contribution < -0.4 is 0 Å². The Morgan fingerprint density at radius 1 is 0.889 bits per heavy atom. The molecule has 1 nitrogen and oxygen atoms in total. The molecular formula is C15H14F2O. The summed E-state index contributed by atoms with van der Waals surface area (Å²) in [6.07, 6.45) is 0.437. The Balaban J connectivity index is 2.39. The van der Waals surface area contributed by atoms with Gasteiger partial charge in [0.1, 0.15) is 11.6 Å². The van der Waals surface area contributed by atoms with Crippen molar-refractivity contribution in [3.8, 4) is 0 Å². The fraction of sp³-hybridized carbons (Fsp3) is 0.200. The van der Waals surface area contributed by atoms with Crippen LogP contribution in [0.4, 0.5) is 8.78 Å². The van der Waals surface area contributed by atoms with E-state index >= 15 is 0 Å². The first-order valence-corrected chi connectivity index (χ1v) is 5.82. The number of benzene rings is 2. The molecule has 0 radical (unpaired) electrons. The summed E-state index contributed by atoms with van der Waals surface area (Å²) in [6, 6.07) is 12.4. The Morgan fingerprint density at radius 2 is 1.39 bits per heavy atom. The predicted molar refractivity (Wildman–Crippen MR) is 66.3 cm³/mol. The fourth-order valence-corrected chi connectivity index (χ4v) is 2.10. The van der Waals surface area contributed by atoms with E-state index in [1.807, 2.05) is 0 Å². The molecule has 2 aromatic carbocycles. The van der Waals surface area contributed by atoms with Crippen LogP contribution in [0.25, 0.3) is 0 Å². The summed E-state index contributed by atoms with van der Waals surface area (Å²) in [7, 11) is 0. The van der Waals surface area contributed by atoms with Crippen LogP contribution in [0.1, 0.15) is 23.5 Å². The third-order valence-electron chi connectivity index (χ3n) is 2.92. The highest BCUT2D eigenvalue weighted by Gasteiger charge is 2.14. The normalized spacial score (nSPS) is 10.9. The van der Waals surface area contributed by atoms with Gasteiger partial charge >= 0.3 is 0 Å². The van der Waals surface area contributed by atoms with Gasteiger partial charge in [-0.2, -0.15) is 0 Å². The van der Waals surface area contributed by atoms with Gasteiger partial charge in [0.15, 0.2) is 0 Å². The molecule has 2 aromatic rings. The Labute approximate surface area is 105 Å². The van der Waals surface area contributed by atoms with Crippen molar-refractivity contribution in [2.45, 2.75) is 12.3 Å². The minimum absolute atomic E-state index is 0.0301. The fourth-order valence-electron chi connectivity index (χ4n) is 2.10. The van der Waals surface area contributed by atoms with E-state index in [0.29, 0.717) is 6.42 Å². The maximum absolute atomic E-state index is 13.2. The third kappa shape index (κ3) is 2.93. The number of halogens is 2. The predicted octanol–water partition coefficient (Wildman–Crippen LogP) is 3.48. The molecule has 0 aliphatic carbocycles. The van der Waals surface area contributed by atoms with E-state index in [4.69, 9.17) is 5.11 Å². The van der Waals surface area contributed by atoms with Crippen molar-refractivity contribution in [2.75, 3.05) is 6.61 Å². The SMILES string of the molecule is OCCC(c1cccc(F)c1)c1cccc(F)c1. The second-order valence-electron chi connectivity index (χ2n) is 4.17. The second-order valence-corrected chi connectivity index (χ2v) is 4.17. The van der Waals surface area contributed by atoms with Crippen LogP contribution >= 0.6 is 0 Å². The zero-order valence-corrected chi connectivity index (χ0v) is 9.81. The summed E-state index contributed by atoms with van der Waals surface area (Å²) in [6.45, 7) is -0.0301. The molecular weight excluding hydrogens is 234 g/mol. The first-order valence-electron chi connectivity index (χ1n) is 5.82. The van der Waals surface area contributed by atoms with Gasteiger partial charge < -0.3 is 5.11 Å². The summed E-state index contributed by atoms with van der Waals surface area (Å²) in [4.78, 5) is 0. The molecule has 0 amide bonds. The molecule has 0 spiro atoms. The molecule has 0 saturated carbocycles. The lowest BCUT2D eigenvalue weighted by molar-refractivity contribution is 0.281. The summed E-state index contributed by atoms with van der Waals surface area (Å²) >= 11 is 0. The molecule has 0 aromatic heterocycles. The molecule has 3 heteroatoms. The third-order valence-corrected chi connectivity index (χ3v) is 2.92. The maximum Gasteiger partial charge on any atom is 0.123 e. The van der Waals surface area contributed by atoms with Crippen molar-refractivity contribution in [2.24, 2.45) is 0 Å². The van der Waals surface area contributed by atoms with Gasteiger partial charge in [0, 0.05) is 12.5 Å². The van der Waals surface area contributed by atoms with Gasteiger partial charge in [-0.05, 0) is 41.8 Å². The van der Waals surface area contributed by atoms with Gasteiger partial charge in [0.25, 0.3) is 0 Å². The highest BCUT2D eigenvalue weighted by atomic mass is 19.1. The second kappa shape index (κ2) is 5.74. The minimum Gasteiger partial charge on any atom is -0.396 e. The van der Waals surface area contributed by atoms with Gasteiger partial charge in [-0.1, -0.05) is 24.3 Å².